The van der Waals surface area contributed by atoms with Crippen molar-refractivity contribution < 1.29 is 26.3 Å². The quantitative estimate of drug-likeness (QED) is 0.489. The lowest BCUT2D eigenvalue weighted by Gasteiger charge is -2.13. The molecule has 0 aliphatic rings. The molecule has 11 heteroatoms. The van der Waals surface area contributed by atoms with Gasteiger partial charge >= 0.3 is 6.36 Å². The zero-order chi connectivity index (χ0) is 23.0. The van der Waals surface area contributed by atoms with E-state index in [9.17, 15) is 21.6 Å². The minimum Gasteiger partial charge on any atom is -0.406 e. The van der Waals surface area contributed by atoms with E-state index in [0.29, 0.717) is 40.1 Å². The Balaban J connectivity index is 1.99. The molecule has 0 amide bonds. The molecule has 0 unspecified atom stereocenters. The molecule has 31 heavy (non-hydrogen) atoms. The number of fused-ring (bicyclic) bond motifs is 1. The third-order valence-electron chi connectivity index (χ3n) is 4.43. The number of aryl methyl sites for hydroxylation is 1. The second kappa shape index (κ2) is 8.31. The van der Waals surface area contributed by atoms with Gasteiger partial charge in [-0.15, -0.1) is 13.2 Å². The average Bonchev–Trinajstić information content (AvgIpc) is 2.91. The summed E-state index contributed by atoms with van der Waals surface area (Å²) in [6.45, 7) is 5.71. The van der Waals surface area contributed by atoms with Gasteiger partial charge in [-0.2, -0.15) is 13.1 Å². The molecule has 0 saturated carbocycles. The van der Waals surface area contributed by atoms with Crippen LogP contribution in [0.1, 0.15) is 20.8 Å². The number of aromatic nitrogens is 1. The number of nitrogens with zero attached hydrogens (tertiary/aromatic N) is 1. The Bertz CT molecular complexity index is 1190. The summed E-state index contributed by atoms with van der Waals surface area (Å²) in [5, 5.41) is 0.595. The number of rotatable bonds is 7. The SMILES string of the molecule is CCn1c(-c2ccc(NS(=O)(=O)NC(C)C)cc2)c(N)c2ccc(OC(F)(F)F)cc21. The van der Waals surface area contributed by atoms with Crippen molar-refractivity contribution in [3.05, 3.63) is 42.5 Å². The van der Waals surface area contributed by atoms with E-state index in [2.05, 4.69) is 14.2 Å². The first kappa shape index (κ1) is 22.8. The number of anilines is 2. The van der Waals surface area contributed by atoms with E-state index in [-0.39, 0.29) is 11.8 Å². The highest BCUT2D eigenvalue weighted by Crippen LogP contribution is 2.38. The fourth-order valence-corrected chi connectivity index (χ4v) is 4.51. The van der Waals surface area contributed by atoms with Crippen molar-refractivity contribution in [3.8, 4) is 17.0 Å². The van der Waals surface area contributed by atoms with Crippen LogP contribution in [-0.4, -0.2) is 25.4 Å². The van der Waals surface area contributed by atoms with Gasteiger partial charge in [0.15, 0.2) is 0 Å². The van der Waals surface area contributed by atoms with Gasteiger partial charge in [-0.3, -0.25) is 4.72 Å². The molecule has 3 aromatic rings. The maximum atomic E-state index is 12.6. The molecule has 4 N–H and O–H groups in total. The molecular weight excluding hydrogens is 433 g/mol. The van der Waals surface area contributed by atoms with Crippen molar-refractivity contribution in [1.29, 1.82) is 0 Å². The Kier molecular flexibility index (Phi) is 6.10. The normalized spacial score (nSPS) is 12.5. The Labute approximate surface area is 178 Å². The number of nitrogen functional groups attached to an aromatic ring is 1. The van der Waals surface area contributed by atoms with Crippen LogP contribution in [0.25, 0.3) is 22.2 Å². The molecule has 0 spiro atoms. The summed E-state index contributed by atoms with van der Waals surface area (Å²) in [4.78, 5) is 0. The van der Waals surface area contributed by atoms with Crippen LogP contribution in [0, 0.1) is 0 Å². The zero-order valence-electron chi connectivity index (χ0n) is 17.1. The standard InChI is InChI=1S/C20H23F3N4O3S/c1-4-27-17-11-15(30-20(21,22)23)9-10-16(17)18(24)19(27)13-5-7-14(8-6-13)26-31(28,29)25-12(2)3/h5-12,25-26H,4,24H2,1-3H3. The van der Waals surface area contributed by atoms with Crippen LogP contribution in [-0.2, 0) is 16.8 Å². The van der Waals surface area contributed by atoms with Crippen molar-refractivity contribution in [2.75, 3.05) is 10.5 Å². The number of ether oxygens (including phenoxy) is 1. The second-order valence-corrected chi connectivity index (χ2v) is 8.64. The fraction of sp³-hybridized carbons (Fsp3) is 0.300. The number of benzene rings is 2. The first-order valence-corrected chi connectivity index (χ1v) is 11.0. The molecule has 0 saturated heterocycles. The Morgan fingerprint density at radius 1 is 1.13 bits per heavy atom. The smallest absolute Gasteiger partial charge is 0.406 e. The minimum atomic E-state index is -4.79. The molecule has 1 heterocycles. The van der Waals surface area contributed by atoms with Gasteiger partial charge in [0.05, 0.1) is 16.9 Å². The Morgan fingerprint density at radius 2 is 1.77 bits per heavy atom. The van der Waals surface area contributed by atoms with Crippen LogP contribution >= 0.6 is 0 Å². The van der Waals surface area contributed by atoms with E-state index < -0.39 is 16.6 Å². The number of hydrogen-bond donors (Lipinski definition) is 3. The second-order valence-electron chi connectivity index (χ2n) is 7.19. The zero-order valence-corrected chi connectivity index (χ0v) is 17.9. The summed E-state index contributed by atoms with van der Waals surface area (Å²) in [5.41, 5.74) is 8.89. The molecule has 0 aliphatic heterocycles. The highest BCUT2D eigenvalue weighted by molar-refractivity contribution is 7.90. The largest absolute Gasteiger partial charge is 0.573 e. The van der Waals surface area contributed by atoms with E-state index in [4.69, 9.17) is 5.73 Å². The molecule has 0 fully saturated rings. The number of alkyl halides is 3. The molecular formula is C20H23F3N4O3S. The fourth-order valence-electron chi connectivity index (χ4n) is 3.38. The lowest BCUT2D eigenvalue weighted by Crippen LogP contribution is -2.35. The topological polar surface area (TPSA) is 98.4 Å². The number of nitrogens with one attached hydrogen (secondary N) is 2. The summed E-state index contributed by atoms with van der Waals surface area (Å²) in [5.74, 6) is -0.332. The van der Waals surface area contributed by atoms with Gasteiger partial charge in [-0.1, -0.05) is 12.1 Å². The molecule has 1 aromatic heterocycles. The van der Waals surface area contributed by atoms with Gasteiger partial charge in [0, 0.05) is 35.3 Å². The van der Waals surface area contributed by atoms with Gasteiger partial charge in [-0.05, 0) is 45.0 Å². The van der Waals surface area contributed by atoms with Gasteiger partial charge in [0.2, 0.25) is 0 Å². The molecule has 0 bridgehead atoms. The predicted octanol–water partition coefficient (Wildman–Crippen LogP) is 4.46. The summed E-state index contributed by atoms with van der Waals surface area (Å²) in [6, 6.07) is 10.3. The van der Waals surface area contributed by atoms with Crippen molar-refractivity contribution in [2.24, 2.45) is 0 Å². The highest BCUT2D eigenvalue weighted by Gasteiger charge is 2.31. The third kappa shape index (κ3) is 5.23. The molecule has 168 valence electrons. The van der Waals surface area contributed by atoms with Crippen LogP contribution in [0.3, 0.4) is 0 Å². The van der Waals surface area contributed by atoms with Crippen molar-refractivity contribution in [3.63, 3.8) is 0 Å². The maximum Gasteiger partial charge on any atom is 0.573 e. The van der Waals surface area contributed by atoms with Crippen LogP contribution in [0.15, 0.2) is 42.5 Å². The van der Waals surface area contributed by atoms with Crippen molar-refractivity contribution in [2.45, 2.75) is 39.7 Å². The highest BCUT2D eigenvalue weighted by atomic mass is 32.2. The van der Waals surface area contributed by atoms with Crippen LogP contribution < -0.4 is 19.9 Å². The average molecular weight is 456 g/mol. The van der Waals surface area contributed by atoms with E-state index >= 15 is 0 Å². The Morgan fingerprint density at radius 3 is 2.32 bits per heavy atom. The first-order chi connectivity index (χ1) is 14.4. The van der Waals surface area contributed by atoms with Gasteiger partial charge in [-0.25, -0.2) is 0 Å². The first-order valence-electron chi connectivity index (χ1n) is 9.48. The summed E-state index contributed by atoms with van der Waals surface area (Å²) < 4.78 is 72.5. The number of hydrogen-bond acceptors (Lipinski definition) is 4. The summed E-state index contributed by atoms with van der Waals surface area (Å²) >= 11 is 0. The van der Waals surface area contributed by atoms with Gasteiger partial charge < -0.3 is 15.0 Å². The molecule has 0 atom stereocenters. The van der Waals surface area contributed by atoms with Crippen molar-refractivity contribution >= 4 is 32.5 Å². The van der Waals surface area contributed by atoms with E-state index in [1.54, 1.807) is 42.7 Å². The molecule has 7 nitrogen and oxygen atoms in total. The lowest BCUT2D eigenvalue weighted by molar-refractivity contribution is -0.274. The number of nitrogens with two attached hydrogens (primary N) is 1. The van der Waals surface area contributed by atoms with Gasteiger partial charge in [0.25, 0.3) is 10.2 Å². The van der Waals surface area contributed by atoms with Gasteiger partial charge in [0.1, 0.15) is 5.75 Å². The molecule has 0 aliphatic carbocycles. The van der Waals surface area contributed by atoms with E-state index in [1.165, 1.54) is 18.2 Å². The summed E-state index contributed by atoms with van der Waals surface area (Å²) in [6.07, 6.45) is -4.79. The van der Waals surface area contributed by atoms with E-state index in [0.717, 1.165) is 0 Å². The van der Waals surface area contributed by atoms with Crippen LogP contribution in [0.5, 0.6) is 5.75 Å². The van der Waals surface area contributed by atoms with Crippen LogP contribution in [0.2, 0.25) is 0 Å². The van der Waals surface area contributed by atoms with E-state index in [1.807, 2.05) is 6.92 Å². The monoisotopic (exact) mass is 456 g/mol. The molecule has 3 rings (SSSR count). The maximum absolute atomic E-state index is 12.6. The Hall–Kier alpha value is -2.92. The molecule has 0 radical (unpaired) electrons. The van der Waals surface area contributed by atoms with Crippen molar-refractivity contribution in [1.82, 2.24) is 9.29 Å². The lowest BCUT2D eigenvalue weighted by atomic mass is 10.1. The predicted molar refractivity (Wildman–Crippen MR) is 115 cm³/mol. The third-order valence-corrected chi connectivity index (χ3v) is 5.71. The molecule has 2 aromatic carbocycles. The van der Waals surface area contributed by atoms with Crippen LogP contribution in [0.4, 0.5) is 24.5 Å². The minimum absolute atomic E-state index is 0.261. The summed E-state index contributed by atoms with van der Waals surface area (Å²) in [7, 11) is -3.71. The number of halogens is 3.